The van der Waals surface area contributed by atoms with Gasteiger partial charge in [0.05, 0.1) is 11.0 Å². The van der Waals surface area contributed by atoms with Gasteiger partial charge in [0.25, 0.3) is 5.69 Å². The largest absolute Gasteiger partial charge is 0.398 e. The lowest BCUT2D eigenvalue weighted by atomic mass is 9.98. The van der Waals surface area contributed by atoms with Crippen LogP contribution in [0.3, 0.4) is 0 Å². The summed E-state index contributed by atoms with van der Waals surface area (Å²) in [6.45, 7) is 1.25. The fourth-order valence-corrected chi connectivity index (χ4v) is 1.69. The van der Waals surface area contributed by atoms with E-state index in [1.54, 1.807) is 0 Å². The molecule has 0 aliphatic carbocycles. The van der Waals surface area contributed by atoms with Gasteiger partial charge in [0.2, 0.25) is 0 Å². The van der Waals surface area contributed by atoms with Crippen molar-refractivity contribution in [1.29, 1.82) is 0 Å². The molecular weight excluding hydrogens is 240 g/mol. The average Bonchev–Trinajstić information content (AvgIpc) is 2.30. The Bertz CT molecular complexity index is 449. The van der Waals surface area contributed by atoms with Crippen molar-refractivity contribution in [3.05, 3.63) is 33.4 Å². The quantitative estimate of drug-likeness (QED) is 0.339. The summed E-state index contributed by atoms with van der Waals surface area (Å²) in [7, 11) is 0. The molecule has 0 aromatic heterocycles. The van der Waals surface area contributed by atoms with Crippen molar-refractivity contribution in [2.45, 2.75) is 25.6 Å². The van der Waals surface area contributed by atoms with E-state index < -0.39 is 17.1 Å². The molecule has 0 saturated heterocycles. The minimum atomic E-state index is -1.28. The highest BCUT2D eigenvalue weighted by Crippen LogP contribution is 2.30. The number of nitrogens with zero attached hydrogens (tertiary/aromatic N) is 1. The molecule has 0 saturated carbocycles. The second kappa shape index (κ2) is 5.76. The summed E-state index contributed by atoms with van der Waals surface area (Å²) in [5.41, 5.74) is 6.09. The Labute approximate surface area is 104 Å². The molecule has 0 aliphatic heterocycles. The number of aliphatic hydroxyl groups excluding tert-OH is 3. The standard InChI is InChI=1S/C11H16N2O5/c1-6-4-7(11(16)10(15)2-3-14)8(12)5-9(6)13(17)18/h4-5,10-11,14-16H,2-3,12H2,1H3. The zero-order valence-electron chi connectivity index (χ0n) is 9.91. The Morgan fingerprint density at radius 3 is 2.56 bits per heavy atom. The van der Waals surface area contributed by atoms with Gasteiger partial charge < -0.3 is 21.1 Å². The van der Waals surface area contributed by atoms with E-state index in [9.17, 15) is 20.3 Å². The van der Waals surface area contributed by atoms with E-state index in [-0.39, 0.29) is 30.0 Å². The van der Waals surface area contributed by atoms with Crippen LogP contribution in [0.15, 0.2) is 12.1 Å². The van der Waals surface area contributed by atoms with Gasteiger partial charge in [-0.2, -0.15) is 0 Å². The number of aliphatic hydroxyl groups is 3. The Balaban J connectivity index is 3.11. The van der Waals surface area contributed by atoms with Gasteiger partial charge >= 0.3 is 0 Å². The van der Waals surface area contributed by atoms with Crippen molar-refractivity contribution in [3.8, 4) is 0 Å². The zero-order chi connectivity index (χ0) is 13.9. The Morgan fingerprint density at radius 2 is 2.06 bits per heavy atom. The molecular formula is C11H16N2O5. The zero-order valence-corrected chi connectivity index (χ0v) is 9.91. The van der Waals surface area contributed by atoms with Crippen LogP contribution in [0.1, 0.15) is 23.7 Å². The van der Waals surface area contributed by atoms with Crippen LogP contribution in [0.5, 0.6) is 0 Å². The van der Waals surface area contributed by atoms with E-state index >= 15 is 0 Å². The van der Waals surface area contributed by atoms with Gasteiger partial charge in [0.15, 0.2) is 0 Å². The number of nitro benzene ring substituents is 1. The maximum absolute atomic E-state index is 10.7. The minimum absolute atomic E-state index is 0.00333. The summed E-state index contributed by atoms with van der Waals surface area (Å²) in [6.07, 6.45) is -2.45. The maximum atomic E-state index is 10.7. The van der Waals surface area contributed by atoms with Crippen molar-refractivity contribution >= 4 is 11.4 Å². The van der Waals surface area contributed by atoms with Gasteiger partial charge in [0.1, 0.15) is 6.10 Å². The number of nitro groups is 1. The lowest BCUT2D eigenvalue weighted by Gasteiger charge is -2.19. The highest BCUT2D eigenvalue weighted by Gasteiger charge is 2.23. The summed E-state index contributed by atoms with van der Waals surface area (Å²) in [4.78, 5) is 10.1. The molecule has 0 aliphatic rings. The van der Waals surface area contributed by atoms with Gasteiger partial charge in [-0.1, -0.05) is 0 Å². The molecule has 100 valence electrons. The molecule has 18 heavy (non-hydrogen) atoms. The van der Waals surface area contributed by atoms with Crippen LogP contribution in [0.2, 0.25) is 0 Å². The molecule has 0 radical (unpaired) electrons. The molecule has 1 aromatic rings. The molecule has 2 unspecified atom stereocenters. The molecule has 1 rings (SSSR count). The van der Waals surface area contributed by atoms with E-state index in [2.05, 4.69) is 0 Å². The van der Waals surface area contributed by atoms with Crippen molar-refractivity contribution in [3.63, 3.8) is 0 Å². The number of aryl methyl sites for hydroxylation is 1. The summed E-state index contributed by atoms with van der Waals surface area (Å²) in [5.74, 6) is 0. The average molecular weight is 256 g/mol. The van der Waals surface area contributed by atoms with E-state index in [1.807, 2.05) is 0 Å². The second-order valence-electron chi connectivity index (χ2n) is 4.05. The lowest BCUT2D eigenvalue weighted by Crippen LogP contribution is -2.20. The molecule has 7 heteroatoms. The third-order valence-corrected chi connectivity index (χ3v) is 2.71. The molecule has 1 aromatic carbocycles. The van der Waals surface area contributed by atoms with Crippen LogP contribution in [-0.2, 0) is 0 Å². The third-order valence-electron chi connectivity index (χ3n) is 2.71. The first-order valence-corrected chi connectivity index (χ1v) is 5.40. The van der Waals surface area contributed by atoms with Gasteiger partial charge in [-0.25, -0.2) is 0 Å². The molecule has 5 N–H and O–H groups in total. The first kappa shape index (κ1) is 14.4. The molecule has 7 nitrogen and oxygen atoms in total. The summed E-state index contributed by atoms with van der Waals surface area (Å²) >= 11 is 0. The summed E-state index contributed by atoms with van der Waals surface area (Å²) < 4.78 is 0. The third kappa shape index (κ3) is 2.95. The normalized spacial score (nSPS) is 14.2. The summed E-state index contributed by atoms with van der Waals surface area (Å²) in [6, 6.07) is 2.53. The topological polar surface area (TPSA) is 130 Å². The van der Waals surface area contributed by atoms with Crippen molar-refractivity contribution in [2.75, 3.05) is 12.3 Å². The molecule has 2 atom stereocenters. The van der Waals surface area contributed by atoms with E-state index in [0.717, 1.165) is 6.07 Å². The van der Waals surface area contributed by atoms with Gasteiger partial charge in [0, 0.05) is 29.5 Å². The summed E-state index contributed by atoms with van der Waals surface area (Å²) in [5, 5.41) is 38.8. The van der Waals surface area contributed by atoms with Crippen molar-refractivity contribution in [1.82, 2.24) is 0 Å². The predicted molar refractivity (Wildman–Crippen MR) is 64.9 cm³/mol. The van der Waals surface area contributed by atoms with Crippen LogP contribution in [0, 0.1) is 17.0 Å². The van der Waals surface area contributed by atoms with Crippen molar-refractivity contribution in [2.24, 2.45) is 0 Å². The Morgan fingerprint density at radius 1 is 1.44 bits per heavy atom. The number of benzene rings is 1. The first-order chi connectivity index (χ1) is 8.38. The number of rotatable bonds is 5. The molecule has 0 heterocycles. The van der Waals surface area contributed by atoms with Crippen LogP contribution < -0.4 is 5.73 Å². The van der Waals surface area contributed by atoms with Gasteiger partial charge in [-0.15, -0.1) is 0 Å². The maximum Gasteiger partial charge on any atom is 0.274 e. The molecule has 0 amide bonds. The fourth-order valence-electron chi connectivity index (χ4n) is 1.69. The highest BCUT2D eigenvalue weighted by atomic mass is 16.6. The number of nitrogens with two attached hydrogens (primary N) is 1. The molecule has 0 fully saturated rings. The predicted octanol–water partition coefficient (Wildman–Crippen LogP) is 0.262. The number of anilines is 1. The van der Waals surface area contributed by atoms with Gasteiger partial charge in [-0.05, 0) is 19.4 Å². The van der Waals surface area contributed by atoms with Crippen LogP contribution in [-0.4, -0.2) is 33.0 Å². The van der Waals surface area contributed by atoms with E-state index in [0.29, 0.717) is 5.56 Å². The Hall–Kier alpha value is -1.70. The van der Waals surface area contributed by atoms with Crippen LogP contribution >= 0.6 is 0 Å². The number of nitrogen functional groups attached to an aromatic ring is 1. The number of hydrogen-bond donors (Lipinski definition) is 4. The molecule has 0 spiro atoms. The smallest absolute Gasteiger partial charge is 0.274 e. The fraction of sp³-hybridized carbons (Fsp3) is 0.455. The van der Waals surface area contributed by atoms with E-state index in [1.165, 1.54) is 13.0 Å². The molecule has 0 bridgehead atoms. The minimum Gasteiger partial charge on any atom is -0.398 e. The van der Waals surface area contributed by atoms with Gasteiger partial charge in [-0.3, -0.25) is 10.1 Å². The van der Waals surface area contributed by atoms with Crippen molar-refractivity contribution < 1.29 is 20.2 Å². The lowest BCUT2D eigenvalue weighted by molar-refractivity contribution is -0.385. The van der Waals surface area contributed by atoms with E-state index in [4.69, 9.17) is 10.8 Å². The monoisotopic (exact) mass is 256 g/mol. The number of hydrogen-bond acceptors (Lipinski definition) is 6. The Kier molecular flexibility index (Phi) is 4.60. The second-order valence-corrected chi connectivity index (χ2v) is 4.05. The van der Waals surface area contributed by atoms with Crippen LogP contribution in [0.25, 0.3) is 0 Å². The van der Waals surface area contributed by atoms with Crippen LogP contribution in [0.4, 0.5) is 11.4 Å². The highest BCUT2D eigenvalue weighted by molar-refractivity contribution is 5.58. The first-order valence-electron chi connectivity index (χ1n) is 5.40. The SMILES string of the molecule is Cc1cc(C(O)C(O)CCO)c(N)cc1[N+](=O)[O-].